The lowest BCUT2D eigenvalue weighted by Gasteiger charge is -2.29. The summed E-state index contributed by atoms with van der Waals surface area (Å²) < 4.78 is 13.6. The second kappa shape index (κ2) is 11.6. The van der Waals surface area contributed by atoms with Crippen LogP contribution in [-0.2, 0) is 5.41 Å². The highest BCUT2D eigenvalue weighted by Crippen LogP contribution is 2.53. The number of nitrogens with zero attached hydrogens (tertiary/aromatic N) is 1. The molecule has 0 N–H and O–H groups in total. The first-order valence-electron chi connectivity index (χ1n) is 18.6. The molecule has 2 heterocycles. The van der Waals surface area contributed by atoms with Crippen LogP contribution in [0, 0.1) is 0 Å². The zero-order valence-corrected chi connectivity index (χ0v) is 30.0. The lowest BCUT2D eigenvalue weighted by Crippen LogP contribution is -2.16. The zero-order valence-electron chi connectivity index (χ0n) is 30.0. The van der Waals surface area contributed by atoms with Crippen molar-refractivity contribution in [2.24, 2.45) is 0 Å². The topological polar surface area (TPSA) is 29.5 Å². The maximum absolute atomic E-state index is 6.81. The van der Waals surface area contributed by atoms with E-state index in [1.807, 2.05) is 0 Å². The summed E-state index contributed by atoms with van der Waals surface area (Å²) in [5.41, 5.74) is 16.2. The molecule has 0 unspecified atom stereocenters. The smallest absolute Gasteiger partial charge is 0.143 e. The van der Waals surface area contributed by atoms with Gasteiger partial charge in [0.25, 0.3) is 0 Å². The Balaban J connectivity index is 1.22. The maximum Gasteiger partial charge on any atom is 0.143 e. The fraction of sp³-hybridized carbons (Fsp3) is 0.0588. The van der Waals surface area contributed by atoms with Gasteiger partial charge in [0.1, 0.15) is 22.3 Å². The van der Waals surface area contributed by atoms with E-state index in [-0.39, 0.29) is 5.41 Å². The normalized spacial score (nSPS) is 13.1. The number of para-hydroxylation sites is 2. The van der Waals surface area contributed by atoms with Crippen LogP contribution in [0.2, 0.25) is 0 Å². The highest BCUT2D eigenvalue weighted by Gasteiger charge is 2.36. The molecule has 0 bridgehead atoms. The van der Waals surface area contributed by atoms with Crippen LogP contribution in [0.3, 0.4) is 0 Å². The maximum atomic E-state index is 6.81. The third-order valence-corrected chi connectivity index (χ3v) is 11.5. The number of hydrogen-bond acceptors (Lipinski definition) is 3. The third kappa shape index (κ3) is 4.42. The average molecular weight is 694 g/mol. The van der Waals surface area contributed by atoms with Crippen molar-refractivity contribution in [1.29, 1.82) is 0 Å². The number of rotatable bonds is 5. The molecule has 0 saturated heterocycles. The van der Waals surface area contributed by atoms with Crippen LogP contribution in [-0.4, -0.2) is 0 Å². The second-order valence-electron chi connectivity index (χ2n) is 14.8. The Morgan fingerprint density at radius 1 is 0.407 bits per heavy atom. The lowest BCUT2D eigenvalue weighted by atomic mass is 9.82. The lowest BCUT2D eigenvalue weighted by molar-refractivity contribution is 0.660. The van der Waals surface area contributed by atoms with Crippen LogP contribution in [0.4, 0.5) is 17.1 Å². The highest BCUT2D eigenvalue weighted by atomic mass is 16.3. The van der Waals surface area contributed by atoms with Gasteiger partial charge in [-0.3, -0.25) is 0 Å². The number of anilines is 3. The summed E-state index contributed by atoms with van der Waals surface area (Å²) >= 11 is 0. The Morgan fingerprint density at radius 2 is 0.889 bits per heavy atom. The van der Waals surface area contributed by atoms with E-state index >= 15 is 0 Å². The first-order valence-corrected chi connectivity index (χ1v) is 18.6. The third-order valence-electron chi connectivity index (χ3n) is 11.5. The minimum absolute atomic E-state index is 0.161. The van der Waals surface area contributed by atoms with Gasteiger partial charge in [0.05, 0.1) is 22.1 Å². The summed E-state index contributed by atoms with van der Waals surface area (Å²) in [7, 11) is 0. The molecular weight excluding hydrogens is 659 g/mol. The number of fused-ring (bicyclic) bond motifs is 9. The minimum atomic E-state index is -0.161. The molecule has 2 aromatic heterocycles. The molecule has 0 spiro atoms. The summed E-state index contributed by atoms with van der Waals surface area (Å²) in [5.74, 6) is 0. The van der Waals surface area contributed by atoms with Crippen LogP contribution in [0.15, 0.2) is 185 Å². The molecule has 0 radical (unpaired) electrons. The van der Waals surface area contributed by atoms with Crippen LogP contribution in [0.25, 0.3) is 77.3 Å². The van der Waals surface area contributed by atoms with E-state index in [1.54, 1.807) is 0 Å². The van der Waals surface area contributed by atoms with Crippen molar-refractivity contribution < 1.29 is 8.83 Å². The monoisotopic (exact) mass is 693 g/mol. The minimum Gasteiger partial charge on any atom is -0.455 e. The van der Waals surface area contributed by atoms with E-state index in [1.165, 1.54) is 22.3 Å². The van der Waals surface area contributed by atoms with Crippen LogP contribution in [0.1, 0.15) is 25.0 Å². The molecule has 3 heteroatoms. The molecule has 0 atom stereocenters. The first kappa shape index (κ1) is 30.8. The largest absolute Gasteiger partial charge is 0.455 e. The van der Waals surface area contributed by atoms with E-state index in [4.69, 9.17) is 8.83 Å². The Hall–Kier alpha value is -6.84. The van der Waals surface area contributed by atoms with Crippen LogP contribution >= 0.6 is 0 Å². The highest BCUT2D eigenvalue weighted by molar-refractivity contribution is 6.20. The molecule has 0 saturated carbocycles. The van der Waals surface area contributed by atoms with Crippen molar-refractivity contribution in [3.63, 3.8) is 0 Å². The Morgan fingerprint density at radius 3 is 1.46 bits per heavy atom. The molecule has 0 fully saturated rings. The number of furan rings is 2. The van der Waals surface area contributed by atoms with Crippen molar-refractivity contribution in [3.8, 4) is 33.4 Å². The van der Waals surface area contributed by atoms with E-state index < -0.39 is 0 Å². The van der Waals surface area contributed by atoms with E-state index in [2.05, 4.69) is 195 Å². The van der Waals surface area contributed by atoms with Gasteiger partial charge in [0.15, 0.2) is 0 Å². The SMILES string of the molecule is CC1(C)c2ccccc2-c2ccc(N(c3cccc4oc5c(-c6ccccc6)cccc5c34)c3cccc4oc5c(-c6ccccc6)cccc5c34)cc21. The molecule has 54 heavy (non-hydrogen) atoms. The van der Waals surface area contributed by atoms with E-state index in [0.717, 1.165) is 83.2 Å². The van der Waals surface area contributed by atoms with Crippen LogP contribution in [0.5, 0.6) is 0 Å². The molecule has 0 aliphatic heterocycles. The number of hydrogen-bond donors (Lipinski definition) is 0. The molecule has 11 rings (SSSR count). The van der Waals surface area contributed by atoms with Gasteiger partial charge >= 0.3 is 0 Å². The van der Waals surface area contributed by atoms with Crippen molar-refractivity contribution in [1.82, 2.24) is 0 Å². The van der Waals surface area contributed by atoms with E-state index in [9.17, 15) is 0 Å². The van der Waals surface area contributed by atoms with Gasteiger partial charge in [-0.25, -0.2) is 0 Å². The predicted molar refractivity (Wildman–Crippen MR) is 224 cm³/mol. The molecule has 1 aliphatic carbocycles. The summed E-state index contributed by atoms with van der Waals surface area (Å²) in [6, 6.07) is 62.7. The average Bonchev–Trinajstić information content (AvgIpc) is 3.87. The summed E-state index contributed by atoms with van der Waals surface area (Å²) in [4.78, 5) is 2.43. The Labute approximate surface area is 313 Å². The predicted octanol–water partition coefficient (Wildman–Crippen LogP) is 14.6. The Kier molecular flexibility index (Phi) is 6.60. The summed E-state index contributed by atoms with van der Waals surface area (Å²) in [6.45, 7) is 4.69. The van der Waals surface area contributed by atoms with Gasteiger partial charge < -0.3 is 13.7 Å². The summed E-state index contributed by atoms with van der Waals surface area (Å²) in [6.07, 6.45) is 0. The molecular formula is C51H35NO2. The second-order valence-corrected chi connectivity index (χ2v) is 14.8. The van der Waals surface area contributed by atoms with E-state index in [0.29, 0.717) is 0 Å². The van der Waals surface area contributed by atoms with Gasteiger partial charge in [0, 0.05) is 33.0 Å². The van der Waals surface area contributed by atoms with Crippen molar-refractivity contribution in [3.05, 3.63) is 187 Å². The van der Waals surface area contributed by atoms with Crippen molar-refractivity contribution in [2.45, 2.75) is 19.3 Å². The fourth-order valence-corrected chi connectivity index (χ4v) is 8.96. The quantitative estimate of drug-likeness (QED) is 0.180. The fourth-order valence-electron chi connectivity index (χ4n) is 8.96. The molecule has 256 valence electrons. The van der Waals surface area contributed by atoms with Gasteiger partial charge in [-0.1, -0.05) is 153 Å². The number of benzene rings is 8. The molecule has 3 nitrogen and oxygen atoms in total. The Bertz CT molecular complexity index is 2920. The van der Waals surface area contributed by atoms with Gasteiger partial charge in [-0.2, -0.15) is 0 Å². The van der Waals surface area contributed by atoms with Crippen molar-refractivity contribution >= 4 is 60.9 Å². The van der Waals surface area contributed by atoms with Crippen molar-refractivity contribution in [2.75, 3.05) is 4.90 Å². The summed E-state index contributed by atoms with van der Waals surface area (Å²) in [5, 5.41) is 4.30. The molecule has 10 aromatic rings. The van der Waals surface area contributed by atoms with Gasteiger partial charge in [0.2, 0.25) is 0 Å². The van der Waals surface area contributed by atoms with Gasteiger partial charge in [-0.15, -0.1) is 0 Å². The van der Waals surface area contributed by atoms with Crippen LogP contribution < -0.4 is 4.90 Å². The zero-order chi connectivity index (χ0) is 36.0. The first-order chi connectivity index (χ1) is 26.6. The molecule has 8 aromatic carbocycles. The standard InChI is InChI=1S/C51H35NO2/c1-51(2)41-24-10-9-19-37(41)38-30-29-34(31-42(38)51)52(43-25-13-27-45-47(43)39-22-11-20-35(49(39)53-45)32-15-5-3-6-16-32)44-26-14-28-46-48(44)40-23-12-21-36(50(40)54-46)33-17-7-4-8-18-33/h3-31H,1-2H3. The van der Waals surface area contributed by atoms with Gasteiger partial charge in [-0.05, 0) is 69.8 Å². The molecule has 0 amide bonds. The molecule has 1 aliphatic rings.